The van der Waals surface area contributed by atoms with Crippen molar-refractivity contribution in [1.29, 1.82) is 0 Å². The van der Waals surface area contributed by atoms with Gasteiger partial charge in [-0.15, -0.1) is 0 Å². The highest BCUT2D eigenvalue weighted by Crippen LogP contribution is 2.44. The molecule has 1 aliphatic rings. The van der Waals surface area contributed by atoms with Crippen LogP contribution in [0.25, 0.3) is 10.2 Å². The van der Waals surface area contributed by atoms with Crippen LogP contribution in [0, 0.1) is 0 Å². The lowest BCUT2D eigenvalue weighted by molar-refractivity contribution is -0.117. The number of sulfone groups is 1. The molecule has 1 unspecified atom stereocenters. The fourth-order valence-corrected chi connectivity index (χ4v) is 5.85. The van der Waals surface area contributed by atoms with Crippen molar-refractivity contribution in [1.82, 2.24) is 4.98 Å². The molecule has 1 atom stereocenters. The predicted molar refractivity (Wildman–Crippen MR) is 135 cm³/mol. The minimum atomic E-state index is -3.44. The molecule has 0 radical (unpaired) electrons. The minimum absolute atomic E-state index is 0.0698. The highest BCUT2D eigenvalue weighted by molar-refractivity contribution is 7.90. The van der Waals surface area contributed by atoms with E-state index in [4.69, 9.17) is 11.6 Å². The summed E-state index contributed by atoms with van der Waals surface area (Å²) in [6, 6.07) is 18.6. The molecule has 5 rings (SSSR count). The molecular formula is C25H17ClN2O5S2. The van der Waals surface area contributed by atoms with Gasteiger partial charge in [0, 0.05) is 16.8 Å². The van der Waals surface area contributed by atoms with E-state index in [0.717, 1.165) is 17.6 Å². The number of aliphatic hydroxyl groups excluding tert-OH is 1. The van der Waals surface area contributed by atoms with E-state index in [1.54, 1.807) is 60.7 Å². The number of thiazole rings is 1. The van der Waals surface area contributed by atoms with Gasteiger partial charge in [0.15, 0.2) is 26.5 Å². The lowest BCUT2D eigenvalue weighted by Crippen LogP contribution is -2.30. The zero-order valence-electron chi connectivity index (χ0n) is 18.2. The summed E-state index contributed by atoms with van der Waals surface area (Å²) < 4.78 is 24.5. The van der Waals surface area contributed by atoms with Gasteiger partial charge >= 0.3 is 0 Å². The van der Waals surface area contributed by atoms with Crippen LogP contribution in [0.4, 0.5) is 5.13 Å². The number of aliphatic hydroxyl groups is 1. The summed E-state index contributed by atoms with van der Waals surface area (Å²) in [5.41, 5.74) is 1.30. The maximum absolute atomic E-state index is 13.5. The monoisotopic (exact) mass is 524 g/mol. The normalized spacial score (nSPS) is 16.3. The van der Waals surface area contributed by atoms with Crippen LogP contribution in [-0.4, -0.2) is 36.5 Å². The van der Waals surface area contributed by atoms with Crippen molar-refractivity contribution in [3.63, 3.8) is 0 Å². The smallest absolute Gasteiger partial charge is 0.296 e. The van der Waals surface area contributed by atoms with E-state index >= 15 is 0 Å². The SMILES string of the molecule is CS(=O)(=O)c1ccc2nc(N3C(=O)C(O)=C(C(=O)c4ccccc4)C3c3ccc(Cl)cc3)sc2c1. The van der Waals surface area contributed by atoms with E-state index in [-0.39, 0.29) is 15.6 Å². The van der Waals surface area contributed by atoms with Crippen LogP contribution >= 0.6 is 22.9 Å². The van der Waals surface area contributed by atoms with Gasteiger partial charge in [0.25, 0.3) is 5.91 Å². The number of halogens is 1. The van der Waals surface area contributed by atoms with E-state index in [1.807, 2.05) is 0 Å². The van der Waals surface area contributed by atoms with Gasteiger partial charge in [-0.2, -0.15) is 0 Å². The van der Waals surface area contributed by atoms with Gasteiger partial charge in [-0.3, -0.25) is 14.5 Å². The molecule has 1 N–H and O–H groups in total. The van der Waals surface area contributed by atoms with Gasteiger partial charge in [-0.1, -0.05) is 65.4 Å². The number of rotatable bonds is 5. The Kier molecular flexibility index (Phi) is 5.71. The number of anilines is 1. The predicted octanol–water partition coefficient (Wildman–Crippen LogP) is 5.14. The zero-order valence-corrected chi connectivity index (χ0v) is 20.6. The summed E-state index contributed by atoms with van der Waals surface area (Å²) in [5.74, 6) is -1.92. The quantitative estimate of drug-likeness (QED) is 0.363. The summed E-state index contributed by atoms with van der Waals surface area (Å²) in [7, 11) is -3.44. The van der Waals surface area contributed by atoms with Gasteiger partial charge in [0.2, 0.25) is 0 Å². The molecule has 0 spiro atoms. The fourth-order valence-electron chi connectivity index (χ4n) is 3.97. The average Bonchev–Trinajstić information content (AvgIpc) is 3.37. The van der Waals surface area contributed by atoms with E-state index < -0.39 is 33.3 Å². The molecule has 0 aliphatic carbocycles. The largest absolute Gasteiger partial charge is 0.503 e. The summed E-state index contributed by atoms with van der Waals surface area (Å²) >= 11 is 7.16. The van der Waals surface area contributed by atoms with Crippen LogP contribution in [0.3, 0.4) is 0 Å². The molecule has 0 saturated heterocycles. The molecule has 4 aromatic rings. The van der Waals surface area contributed by atoms with E-state index in [2.05, 4.69) is 4.98 Å². The van der Waals surface area contributed by atoms with Gasteiger partial charge in [0.05, 0.1) is 26.7 Å². The van der Waals surface area contributed by atoms with Gasteiger partial charge in [-0.25, -0.2) is 13.4 Å². The second-order valence-corrected chi connectivity index (χ2v) is 11.4. The van der Waals surface area contributed by atoms with E-state index in [0.29, 0.717) is 26.4 Å². The number of fused-ring (bicyclic) bond motifs is 1. The Labute approximate surface area is 209 Å². The number of carbonyl (C=O) groups excluding carboxylic acids is 2. The van der Waals surface area contributed by atoms with Crippen molar-refractivity contribution >= 4 is 59.8 Å². The van der Waals surface area contributed by atoms with Crippen LogP contribution in [0.2, 0.25) is 5.02 Å². The van der Waals surface area contributed by atoms with Crippen molar-refractivity contribution in [3.8, 4) is 0 Å². The van der Waals surface area contributed by atoms with Gasteiger partial charge in [-0.05, 0) is 35.9 Å². The van der Waals surface area contributed by atoms with E-state index in [1.165, 1.54) is 17.0 Å². The lowest BCUT2D eigenvalue weighted by atomic mass is 9.93. The first kappa shape index (κ1) is 23.2. The fraction of sp³-hybridized carbons (Fsp3) is 0.0800. The number of amides is 1. The first-order valence-corrected chi connectivity index (χ1v) is 13.5. The zero-order chi connectivity index (χ0) is 24.9. The number of aromatic nitrogens is 1. The average molecular weight is 525 g/mol. The molecule has 10 heteroatoms. The first-order chi connectivity index (χ1) is 16.6. The molecule has 2 heterocycles. The van der Waals surface area contributed by atoms with Crippen molar-refractivity contribution in [2.45, 2.75) is 10.9 Å². The second kappa shape index (κ2) is 8.60. The second-order valence-electron chi connectivity index (χ2n) is 7.98. The standard InChI is InChI=1S/C25H17ClN2O5S2/c1-35(32,33)17-11-12-18-19(13-17)34-25(27-18)28-21(14-7-9-16(26)10-8-14)20(23(30)24(28)31)22(29)15-5-3-2-4-6-15/h2-13,21,30H,1H3. The number of nitrogens with zero attached hydrogens (tertiary/aromatic N) is 2. The Balaban J connectivity index is 1.67. The summed E-state index contributed by atoms with van der Waals surface area (Å²) in [6.07, 6.45) is 1.11. The van der Waals surface area contributed by atoms with Crippen molar-refractivity contribution in [2.75, 3.05) is 11.2 Å². The van der Waals surface area contributed by atoms with Crippen LogP contribution in [0.15, 0.2) is 89.0 Å². The number of hydrogen-bond acceptors (Lipinski definition) is 7. The molecular weight excluding hydrogens is 508 g/mol. The Morgan fingerprint density at radius 3 is 2.40 bits per heavy atom. The third kappa shape index (κ3) is 4.12. The minimum Gasteiger partial charge on any atom is -0.503 e. The van der Waals surface area contributed by atoms with E-state index in [9.17, 15) is 23.1 Å². The third-order valence-electron chi connectivity index (χ3n) is 5.66. The van der Waals surface area contributed by atoms with Crippen LogP contribution in [-0.2, 0) is 14.6 Å². The maximum atomic E-state index is 13.5. The van der Waals surface area contributed by atoms with Crippen LogP contribution in [0.5, 0.6) is 0 Å². The Hall–Kier alpha value is -3.53. The number of ketones is 1. The van der Waals surface area contributed by atoms with Crippen LogP contribution in [0.1, 0.15) is 22.0 Å². The summed E-state index contributed by atoms with van der Waals surface area (Å²) in [4.78, 5) is 32.7. The number of Topliss-reactive ketones (excluding diaryl/α,β-unsaturated/α-hetero) is 1. The molecule has 7 nitrogen and oxygen atoms in total. The van der Waals surface area contributed by atoms with Crippen LogP contribution < -0.4 is 4.90 Å². The molecule has 1 aromatic heterocycles. The van der Waals surface area contributed by atoms with Crippen molar-refractivity contribution < 1.29 is 23.1 Å². The number of hydrogen-bond donors (Lipinski definition) is 1. The Morgan fingerprint density at radius 2 is 1.74 bits per heavy atom. The Morgan fingerprint density at radius 1 is 1.06 bits per heavy atom. The highest BCUT2D eigenvalue weighted by Gasteiger charge is 2.45. The molecule has 3 aromatic carbocycles. The molecule has 35 heavy (non-hydrogen) atoms. The lowest BCUT2D eigenvalue weighted by Gasteiger charge is -2.24. The van der Waals surface area contributed by atoms with Crippen molar-refractivity contribution in [2.24, 2.45) is 0 Å². The summed E-state index contributed by atoms with van der Waals surface area (Å²) in [6.45, 7) is 0. The molecule has 0 fully saturated rings. The third-order valence-corrected chi connectivity index (χ3v) is 8.04. The topological polar surface area (TPSA) is 105 Å². The Bertz CT molecular complexity index is 1630. The number of benzene rings is 3. The van der Waals surface area contributed by atoms with Crippen molar-refractivity contribution in [3.05, 3.63) is 100 Å². The molecule has 176 valence electrons. The molecule has 0 saturated carbocycles. The molecule has 1 amide bonds. The van der Waals surface area contributed by atoms with Gasteiger partial charge < -0.3 is 5.11 Å². The summed E-state index contributed by atoms with van der Waals surface area (Å²) in [5, 5.41) is 11.6. The molecule has 0 bridgehead atoms. The highest BCUT2D eigenvalue weighted by atomic mass is 35.5. The first-order valence-electron chi connectivity index (χ1n) is 10.4. The molecule has 1 aliphatic heterocycles. The van der Waals surface area contributed by atoms with Gasteiger partial charge in [0.1, 0.15) is 0 Å². The number of carbonyl (C=O) groups is 2. The maximum Gasteiger partial charge on any atom is 0.296 e.